The van der Waals surface area contributed by atoms with E-state index in [2.05, 4.69) is 15.3 Å². The average molecular weight is 343 g/mol. The molecule has 0 bridgehead atoms. The summed E-state index contributed by atoms with van der Waals surface area (Å²) in [4.78, 5) is 7.95. The molecule has 0 spiro atoms. The molecule has 1 heterocycles. The van der Waals surface area contributed by atoms with Crippen LogP contribution < -0.4 is 11.1 Å². The number of hydrogen-bond donors (Lipinski definition) is 3. The topological polar surface area (TPSA) is 87.7 Å². The molecule has 0 saturated carbocycles. The molecule has 126 valence electrons. The van der Waals surface area contributed by atoms with Gasteiger partial charge in [-0.25, -0.2) is 18.2 Å². The molecule has 0 aliphatic carbocycles. The lowest BCUT2D eigenvalue weighted by Gasteiger charge is -2.10. The summed E-state index contributed by atoms with van der Waals surface area (Å²) in [7, 11) is 0. The van der Waals surface area contributed by atoms with Gasteiger partial charge in [0.05, 0.1) is 16.8 Å². The van der Waals surface area contributed by atoms with Crippen molar-refractivity contribution in [3.63, 3.8) is 0 Å². The normalized spacial score (nSPS) is 10.5. The van der Waals surface area contributed by atoms with E-state index in [0.717, 1.165) is 12.1 Å². The number of nitrogens with one attached hydrogen (secondary N) is 2. The first-order valence-corrected chi connectivity index (χ1v) is 7.14. The van der Waals surface area contributed by atoms with Crippen LogP contribution in [0.4, 0.5) is 30.6 Å². The van der Waals surface area contributed by atoms with E-state index in [4.69, 9.17) is 11.1 Å². The van der Waals surface area contributed by atoms with Crippen LogP contribution in [0, 0.1) is 22.9 Å². The number of aromatic nitrogens is 2. The molecule has 5 nitrogen and oxygen atoms in total. The Labute approximate surface area is 140 Å². The number of rotatable bonds is 4. The molecule has 0 saturated heterocycles. The molecule has 0 aliphatic heterocycles. The summed E-state index contributed by atoms with van der Waals surface area (Å²) in [6, 6.07) is 8.80. The van der Waals surface area contributed by atoms with Gasteiger partial charge < -0.3 is 11.1 Å². The first-order valence-electron chi connectivity index (χ1n) is 7.14. The van der Waals surface area contributed by atoms with Gasteiger partial charge in [-0.3, -0.25) is 5.41 Å². The predicted octanol–water partition coefficient (Wildman–Crippen LogP) is 3.64. The SMILES string of the molecule is N=C(c1cnc(Nc2ccc(F)cc2)nc1N)c1c(F)cccc1F. The van der Waals surface area contributed by atoms with Gasteiger partial charge in [0.25, 0.3) is 0 Å². The summed E-state index contributed by atoms with van der Waals surface area (Å²) >= 11 is 0. The van der Waals surface area contributed by atoms with Crippen LogP contribution in [0.5, 0.6) is 0 Å². The molecular formula is C17H12F3N5. The molecule has 3 aromatic rings. The molecular weight excluding hydrogens is 331 g/mol. The molecule has 0 fully saturated rings. The van der Waals surface area contributed by atoms with Crippen molar-refractivity contribution in [2.45, 2.75) is 0 Å². The fraction of sp³-hybridized carbons (Fsp3) is 0. The molecule has 25 heavy (non-hydrogen) atoms. The van der Waals surface area contributed by atoms with Crippen LogP contribution in [0.1, 0.15) is 11.1 Å². The van der Waals surface area contributed by atoms with Crippen LogP contribution in [-0.2, 0) is 0 Å². The summed E-state index contributed by atoms with van der Waals surface area (Å²) in [6.45, 7) is 0. The fourth-order valence-electron chi connectivity index (χ4n) is 2.18. The van der Waals surface area contributed by atoms with Gasteiger partial charge in [-0.05, 0) is 36.4 Å². The van der Waals surface area contributed by atoms with Crippen molar-refractivity contribution in [1.29, 1.82) is 5.41 Å². The van der Waals surface area contributed by atoms with Crippen LogP contribution in [0.15, 0.2) is 48.7 Å². The van der Waals surface area contributed by atoms with E-state index < -0.39 is 22.9 Å². The van der Waals surface area contributed by atoms with Crippen molar-refractivity contribution in [1.82, 2.24) is 9.97 Å². The Balaban J connectivity index is 1.89. The molecule has 0 unspecified atom stereocenters. The summed E-state index contributed by atoms with van der Waals surface area (Å²) in [6.07, 6.45) is 1.20. The minimum atomic E-state index is -0.877. The second kappa shape index (κ2) is 6.60. The maximum absolute atomic E-state index is 13.8. The van der Waals surface area contributed by atoms with E-state index in [9.17, 15) is 13.2 Å². The molecule has 0 radical (unpaired) electrons. The molecule has 0 amide bonds. The van der Waals surface area contributed by atoms with Crippen molar-refractivity contribution in [2.75, 3.05) is 11.1 Å². The molecule has 4 N–H and O–H groups in total. The third-order valence-electron chi connectivity index (χ3n) is 3.40. The highest BCUT2D eigenvalue weighted by Gasteiger charge is 2.18. The fourth-order valence-corrected chi connectivity index (χ4v) is 2.18. The third kappa shape index (κ3) is 3.42. The Bertz CT molecular complexity index is 921. The van der Waals surface area contributed by atoms with Crippen molar-refractivity contribution in [3.8, 4) is 0 Å². The zero-order valence-corrected chi connectivity index (χ0v) is 12.7. The van der Waals surface area contributed by atoms with Crippen molar-refractivity contribution >= 4 is 23.2 Å². The Hall–Kier alpha value is -3.42. The van der Waals surface area contributed by atoms with Gasteiger partial charge in [-0.1, -0.05) is 6.07 Å². The summed E-state index contributed by atoms with van der Waals surface area (Å²) in [5, 5.41) is 10.8. The zero-order chi connectivity index (χ0) is 18.0. The van der Waals surface area contributed by atoms with Crippen LogP contribution in [-0.4, -0.2) is 15.7 Å². The Morgan fingerprint density at radius 3 is 2.24 bits per heavy atom. The Morgan fingerprint density at radius 1 is 1.00 bits per heavy atom. The quantitative estimate of drug-likeness (QED) is 0.631. The van der Waals surface area contributed by atoms with Gasteiger partial charge in [0.15, 0.2) is 0 Å². The van der Waals surface area contributed by atoms with E-state index in [0.29, 0.717) is 5.69 Å². The Morgan fingerprint density at radius 2 is 1.64 bits per heavy atom. The van der Waals surface area contributed by atoms with Crippen molar-refractivity contribution in [2.24, 2.45) is 0 Å². The predicted molar refractivity (Wildman–Crippen MR) is 88.4 cm³/mol. The summed E-state index contributed by atoms with van der Waals surface area (Å²) in [5.74, 6) is -2.15. The van der Waals surface area contributed by atoms with Crippen LogP contribution in [0.3, 0.4) is 0 Å². The van der Waals surface area contributed by atoms with E-state index in [-0.39, 0.29) is 23.1 Å². The summed E-state index contributed by atoms with van der Waals surface area (Å²) < 4.78 is 40.5. The Kier molecular flexibility index (Phi) is 4.34. The van der Waals surface area contributed by atoms with Gasteiger partial charge >= 0.3 is 0 Å². The number of hydrogen-bond acceptors (Lipinski definition) is 5. The average Bonchev–Trinajstić information content (AvgIpc) is 2.57. The largest absolute Gasteiger partial charge is 0.383 e. The van der Waals surface area contributed by atoms with E-state index in [1.54, 1.807) is 0 Å². The zero-order valence-electron chi connectivity index (χ0n) is 12.7. The smallest absolute Gasteiger partial charge is 0.229 e. The minimum absolute atomic E-state index is 0.00587. The molecule has 3 rings (SSSR count). The van der Waals surface area contributed by atoms with E-state index in [1.807, 2.05) is 0 Å². The van der Waals surface area contributed by atoms with Crippen molar-refractivity contribution < 1.29 is 13.2 Å². The van der Waals surface area contributed by atoms with E-state index in [1.165, 1.54) is 36.5 Å². The number of nitrogens with two attached hydrogens (primary N) is 1. The molecule has 2 aromatic carbocycles. The standard InChI is InChI=1S/C17H12F3N5/c18-9-4-6-10(7-5-9)24-17-23-8-11(16(22)25-17)15(21)14-12(19)2-1-3-13(14)20/h1-8,21H,(H3,22,23,24,25). The molecule has 8 heteroatoms. The van der Waals surface area contributed by atoms with Gasteiger partial charge in [0.1, 0.15) is 23.3 Å². The minimum Gasteiger partial charge on any atom is -0.383 e. The van der Waals surface area contributed by atoms with Crippen LogP contribution >= 0.6 is 0 Å². The molecule has 0 aliphatic rings. The molecule has 1 aromatic heterocycles. The highest BCUT2D eigenvalue weighted by atomic mass is 19.1. The third-order valence-corrected chi connectivity index (χ3v) is 3.40. The highest BCUT2D eigenvalue weighted by Crippen LogP contribution is 2.21. The van der Waals surface area contributed by atoms with Crippen molar-refractivity contribution in [3.05, 3.63) is 77.2 Å². The maximum atomic E-state index is 13.8. The summed E-state index contributed by atoms with van der Waals surface area (Å²) in [5.41, 5.74) is 5.37. The maximum Gasteiger partial charge on any atom is 0.229 e. The number of nitrogen functional groups attached to an aromatic ring is 1. The number of anilines is 3. The lowest BCUT2D eigenvalue weighted by Crippen LogP contribution is -2.12. The van der Waals surface area contributed by atoms with Gasteiger partial charge in [0.2, 0.25) is 5.95 Å². The lowest BCUT2D eigenvalue weighted by atomic mass is 10.0. The number of benzene rings is 2. The van der Waals surface area contributed by atoms with Gasteiger partial charge in [0, 0.05) is 11.9 Å². The second-order valence-electron chi connectivity index (χ2n) is 5.10. The first kappa shape index (κ1) is 16.4. The monoisotopic (exact) mass is 343 g/mol. The lowest BCUT2D eigenvalue weighted by molar-refractivity contribution is 0.579. The van der Waals surface area contributed by atoms with Crippen LogP contribution in [0.25, 0.3) is 0 Å². The first-order chi connectivity index (χ1) is 12.0. The highest BCUT2D eigenvalue weighted by molar-refractivity contribution is 6.13. The van der Waals surface area contributed by atoms with Crippen LogP contribution in [0.2, 0.25) is 0 Å². The van der Waals surface area contributed by atoms with Gasteiger partial charge in [-0.15, -0.1) is 0 Å². The number of nitrogens with zero attached hydrogens (tertiary/aromatic N) is 2. The van der Waals surface area contributed by atoms with Gasteiger partial charge in [-0.2, -0.15) is 4.98 Å². The molecule has 0 atom stereocenters. The second-order valence-corrected chi connectivity index (χ2v) is 5.10. The van der Waals surface area contributed by atoms with E-state index >= 15 is 0 Å². The number of halogens is 3.